The molecule has 0 N–H and O–H groups in total. The van der Waals surface area contributed by atoms with Crippen LogP contribution in [0.3, 0.4) is 0 Å². The van der Waals surface area contributed by atoms with Gasteiger partial charge in [0.25, 0.3) is 5.91 Å². The smallest absolute Gasteiger partial charge is 0.264 e. The van der Waals surface area contributed by atoms with Crippen molar-refractivity contribution in [3.8, 4) is 0 Å². The standard InChI is InChI=1S/C10H13Cl2NOS/c1-8-2-3-9(15-8)10(14)13(6-4-11)7-5-12/h2-3H,4-7H2,1H3. The molecule has 0 aliphatic rings. The highest BCUT2D eigenvalue weighted by Crippen LogP contribution is 2.17. The molecule has 0 aromatic carbocycles. The minimum atomic E-state index is 0.0226. The van der Waals surface area contributed by atoms with Crippen molar-refractivity contribution in [1.29, 1.82) is 0 Å². The lowest BCUT2D eigenvalue weighted by Gasteiger charge is -2.19. The van der Waals surface area contributed by atoms with Gasteiger partial charge in [-0.15, -0.1) is 34.5 Å². The van der Waals surface area contributed by atoms with Gasteiger partial charge in [-0.3, -0.25) is 4.79 Å². The molecule has 0 bridgehead atoms. The number of aryl methyl sites for hydroxylation is 1. The molecular weight excluding hydrogens is 253 g/mol. The average Bonchev–Trinajstić information content (AvgIpc) is 2.63. The van der Waals surface area contributed by atoms with Gasteiger partial charge in [0, 0.05) is 29.7 Å². The fourth-order valence-electron chi connectivity index (χ4n) is 1.22. The second-order valence-corrected chi connectivity index (χ2v) is 5.12. The van der Waals surface area contributed by atoms with E-state index in [2.05, 4.69) is 0 Å². The Hall–Kier alpha value is -0.250. The van der Waals surface area contributed by atoms with E-state index in [1.54, 1.807) is 4.90 Å². The molecule has 0 aliphatic carbocycles. The van der Waals surface area contributed by atoms with Crippen LogP contribution in [0.1, 0.15) is 14.5 Å². The van der Waals surface area contributed by atoms with Crippen molar-refractivity contribution in [2.45, 2.75) is 6.92 Å². The number of amides is 1. The maximum Gasteiger partial charge on any atom is 0.264 e. The van der Waals surface area contributed by atoms with E-state index in [1.807, 2.05) is 19.1 Å². The van der Waals surface area contributed by atoms with Crippen molar-refractivity contribution in [2.75, 3.05) is 24.8 Å². The number of rotatable bonds is 5. The third kappa shape index (κ3) is 3.67. The van der Waals surface area contributed by atoms with E-state index in [-0.39, 0.29) is 5.91 Å². The van der Waals surface area contributed by atoms with E-state index in [0.29, 0.717) is 24.8 Å². The van der Waals surface area contributed by atoms with Crippen LogP contribution in [-0.2, 0) is 0 Å². The highest BCUT2D eigenvalue weighted by Gasteiger charge is 2.15. The van der Waals surface area contributed by atoms with Gasteiger partial charge in [0.15, 0.2) is 0 Å². The zero-order valence-electron chi connectivity index (χ0n) is 8.50. The number of hydrogen-bond acceptors (Lipinski definition) is 2. The Morgan fingerprint density at radius 2 is 1.93 bits per heavy atom. The number of thiophene rings is 1. The van der Waals surface area contributed by atoms with Crippen LogP contribution < -0.4 is 0 Å². The summed E-state index contributed by atoms with van der Waals surface area (Å²) < 4.78 is 0. The summed E-state index contributed by atoms with van der Waals surface area (Å²) in [6, 6.07) is 3.79. The van der Waals surface area contributed by atoms with Gasteiger partial charge in [0.1, 0.15) is 0 Å². The molecule has 84 valence electrons. The molecule has 1 rings (SSSR count). The minimum Gasteiger partial charge on any atom is -0.336 e. The van der Waals surface area contributed by atoms with Crippen LogP contribution in [0, 0.1) is 6.92 Å². The maximum atomic E-state index is 12.0. The van der Waals surface area contributed by atoms with E-state index in [0.717, 1.165) is 9.75 Å². The molecule has 0 fully saturated rings. The fraction of sp³-hybridized carbons (Fsp3) is 0.500. The van der Waals surface area contributed by atoms with Crippen LogP contribution in [0.15, 0.2) is 12.1 Å². The number of carbonyl (C=O) groups excluding carboxylic acids is 1. The molecule has 0 spiro atoms. The minimum absolute atomic E-state index is 0.0226. The topological polar surface area (TPSA) is 20.3 Å². The van der Waals surface area contributed by atoms with Crippen LogP contribution in [0.25, 0.3) is 0 Å². The van der Waals surface area contributed by atoms with E-state index in [4.69, 9.17) is 23.2 Å². The second kappa shape index (κ2) is 6.36. The molecule has 1 aromatic rings. The third-order valence-electron chi connectivity index (χ3n) is 1.95. The summed E-state index contributed by atoms with van der Waals surface area (Å²) >= 11 is 12.8. The predicted octanol–water partition coefficient (Wildman–Crippen LogP) is 2.98. The molecule has 0 atom stereocenters. The molecule has 5 heteroatoms. The van der Waals surface area contributed by atoms with Crippen LogP contribution >= 0.6 is 34.5 Å². The van der Waals surface area contributed by atoms with Gasteiger partial charge in [-0.1, -0.05) is 0 Å². The summed E-state index contributed by atoms with van der Waals surface area (Å²) in [4.78, 5) is 15.5. The Balaban J connectivity index is 2.71. The molecule has 2 nitrogen and oxygen atoms in total. The van der Waals surface area contributed by atoms with Gasteiger partial charge in [-0.2, -0.15) is 0 Å². The fourth-order valence-corrected chi connectivity index (χ4v) is 2.47. The van der Waals surface area contributed by atoms with E-state index in [1.165, 1.54) is 11.3 Å². The van der Waals surface area contributed by atoms with Gasteiger partial charge in [-0.25, -0.2) is 0 Å². The second-order valence-electron chi connectivity index (χ2n) is 3.08. The molecular formula is C10H13Cl2NOS. The van der Waals surface area contributed by atoms with Gasteiger partial charge in [-0.05, 0) is 19.1 Å². The summed E-state index contributed by atoms with van der Waals surface area (Å²) in [5.41, 5.74) is 0. The molecule has 1 aromatic heterocycles. The first-order valence-corrected chi connectivity index (χ1v) is 6.55. The molecule has 1 amide bonds. The first kappa shape index (κ1) is 12.8. The van der Waals surface area contributed by atoms with Crippen molar-refractivity contribution < 1.29 is 4.79 Å². The van der Waals surface area contributed by atoms with E-state index in [9.17, 15) is 4.79 Å². The number of alkyl halides is 2. The molecule has 0 radical (unpaired) electrons. The molecule has 0 saturated heterocycles. The van der Waals surface area contributed by atoms with Crippen LogP contribution in [0.4, 0.5) is 0 Å². The molecule has 15 heavy (non-hydrogen) atoms. The van der Waals surface area contributed by atoms with Gasteiger partial charge < -0.3 is 4.90 Å². The largest absolute Gasteiger partial charge is 0.336 e. The summed E-state index contributed by atoms with van der Waals surface area (Å²) in [6.45, 7) is 3.07. The molecule has 0 saturated carbocycles. The normalized spacial score (nSPS) is 10.3. The molecule has 0 aliphatic heterocycles. The zero-order chi connectivity index (χ0) is 11.3. The van der Waals surface area contributed by atoms with Crippen molar-refractivity contribution in [3.05, 3.63) is 21.9 Å². The highest BCUT2D eigenvalue weighted by atomic mass is 35.5. The Bertz CT molecular complexity index is 321. The Morgan fingerprint density at radius 1 is 1.33 bits per heavy atom. The lowest BCUT2D eigenvalue weighted by Crippen LogP contribution is -2.33. The first-order valence-electron chi connectivity index (χ1n) is 4.66. The number of hydrogen-bond donors (Lipinski definition) is 0. The summed E-state index contributed by atoms with van der Waals surface area (Å²) in [7, 11) is 0. The predicted molar refractivity (Wildman–Crippen MR) is 66.4 cm³/mol. The number of nitrogens with zero attached hydrogens (tertiary/aromatic N) is 1. The molecule has 0 unspecified atom stereocenters. The van der Waals surface area contributed by atoms with Crippen LogP contribution in [0.2, 0.25) is 0 Å². The Morgan fingerprint density at radius 3 is 2.33 bits per heavy atom. The third-order valence-corrected chi connectivity index (χ3v) is 3.27. The quantitative estimate of drug-likeness (QED) is 0.750. The summed E-state index contributed by atoms with van der Waals surface area (Å²) in [5, 5.41) is 0. The maximum absolute atomic E-state index is 12.0. The average molecular weight is 266 g/mol. The summed E-state index contributed by atoms with van der Waals surface area (Å²) in [5.74, 6) is 0.898. The van der Waals surface area contributed by atoms with Crippen molar-refractivity contribution in [1.82, 2.24) is 4.90 Å². The lowest BCUT2D eigenvalue weighted by atomic mass is 10.3. The van der Waals surface area contributed by atoms with Gasteiger partial charge in [0.2, 0.25) is 0 Å². The van der Waals surface area contributed by atoms with E-state index < -0.39 is 0 Å². The lowest BCUT2D eigenvalue weighted by molar-refractivity contribution is 0.0780. The van der Waals surface area contributed by atoms with Crippen LogP contribution in [0.5, 0.6) is 0 Å². The van der Waals surface area contributed by atoms with Gasteiger partial charge in [0.05, 0.1) is 4.88 Å². The molecule has 1 heterocycles. The van der Waals surface area contributed by atoms with Crippen molar-refractivity contribution in [3.63, 3.8) is 0 Å². The van der Waals surface area contributed by atoms with Crippen molar-refractivity contribution in [2.24, 2.45) is 0 Å². The van der Waals surface area contributed by atoms with E-state index >= 15 is 0 Å². The highest BCUT2D eigenvalue weighted by molar-refractivity contribution is 7.13. The number of carbonyl (C=O) groups is 1. The summed E-state index contributed by atoms with van der Waals surface area (Å²) in [6.07, 6.45) is 0. The number of halogens is 2. The van der Waals surface area contributed by atoms with Crippen molar-refractivity contribution >= 4 is 40.4 Å². The SMILES string of the molecule is Cc1ccc(C(=O)N(CCCl)CCCl)s1. The van der Waals surface area contributed by atoms with Gasteiger partial charge >= 0.3 is 0 Å². The zero-order valence-corrected chi connectivity index (χ0v) is 10.8. The monoisotopic (exact) mass is 265 g/mol. The Kier molecular flexibility index (Phi) is 5.43. The van der Waals surface area contributed by atoms with Crippen LogP contribution in [-0.4, -0.2) is 35.7 Å². The first-order chi connectivity index (χ1) is 7.19. The Labute approximate surface area is 104 Å².